The van der Waals surface area contributed by atoms with Crippen LogP contribution in [0.3, 0.4) is 0 Å². The van der Waals surface area contributed by atoms with E-state index in [1.165, 1.54) is 0 Å². The number of benzene rings is 1. The molecule has 1 unspecified atom stereocenters. The first-order valence-electron chi connectivity index (χ1n) is 4.63. The van der Waals surface area contributed by atoms with Crippen LogP contribution in [0.2, 0.25) is 0 Å². The molecule has 1 radical (unpaired) electrons. The van der Waals surface area contributed by atoms with E-state index >= 15 is 0 Å². The molecule has 1 rings (SSSR count). The number of carbonyl (C=O) groups excluding carboxylic acids is 1. The molecule has 75 valence electrons. The number of hydrogen-bond donors (Lipinski definition) is 0. The average Bonchev–Trinajstić information content (AvgIpc) is 2.18. The van der Waals surface area contributed by atoms with Crippen molar-refractivity contribution in [2.75, 3.05) is 6.61 Å². The van der Waals surface area contributed by atoms with Crippen molar-refractivity contribution in [2.24, 2.45) is 0 Å². The fourth-order valence-electron chi connectivity index (χ4n) is 1.40. The minimum atomic E-state index is -0.660. The predicted molar refractivity (Wildman–Crippen MR) is 53.9 cm³/mol. The molecule has 0 bridgehead atoms. The Morgan fingerprint density at radius 1 is 1.50 bits per heavy atom. The fraction of sp³-hybridized carbons (Fsp3) is 0.364. The molecule has 1 aromatic carbocycles. The van der Waals surface area contributed by atoms with Gasteiger partial charge in [-0.15, -0.1) is 0 Å². The van der Waals surface area contributed by atoms with E-state index in [-0.39, 0.29) is 6.10 Å². The van der Waals surface area contributed by atoms with Crippen LogP contribution in [-0.2, 0) is 4.74 Å². The molecule has 0 heterocycles. The Balaban J connectivity index is 3.00. The van der Waals surface area contributed by atoms with E-state index in [1.807, 2.05) is 26.0 Å². The van der Waals surface area contributed by atoms with Crippen LogP contribution in [0.5, 0.6) is 0 Å². The number of hydrogen-bond acceptors (Lipinski definition) is 2. The molecule has 0 fully saturated rings. The van der Waals surface area contributed by atoms with E-state index in [4.69, 9.17) is 10.5 Å². The predicted octanol–water partition coefficient (Wildman–Crippen LogP) is 2.21. The minimum absolute atomic E-state index is 0.134. The molecule has 1 amide bonds. The van der Waals surface area contributed by atoms with Crippen molar-refractivity contribution in [1.29, 1.82) is 0 Å². The van der Waals surface area contributed by atoms with Crippen molar-refractivity contribution in [1.82, 2.24) is 5.73 Å². The maximum absolute atomic E-state index is 11.0. The van der Waals surface area contributed by atoms with Crippen molar-refractivity contribution in [3.63, 3.8) is 0 Å². The average molecular weight is 192 g/mol. The van der Waals surface area contributed by atoms with E-state index in [9.17, 15) is 4.79 Å². The molecule has 1 aromatic rings. The Labute approximate surface area is 83.9 Å². The summed E-state index contributed by atoms with van der Waals surface area (Å²) in [6.45, 7) is 4.38. The highest BCUT2D eigenvalue weighted by atomic mass is 16.5. The highest BCUT2D eigenvalue weighted by Crippen LogP contribution is 2.20. The summed E-state index contributed by atoms with van der Waals surface area (Å²) in [5.41, 5.74) is 8.30. The third-order valence-corrected chi connectivity index (χ3v) is 2.06. The molecule has 3 nitrogen and oxygen atoms in total. The van der Waals surface area contributed by atoms with E-state index in [2.05, 4.69) is 0 Å². The summed E-state index contributed by atoms with van der Waals surface area (Å²) in [4.78, 5) is 11.0. The van der Waals surface area contributed by atoms with Gasteiger partial charge in [-0.3, -0.25) is 10.5 Å². The van der Waals surface area contributed by atoms with Gasteiger partial charge in [-0.1, -0.05) is 18.2 Å². The van der Waals surface area contributed by atoms with Gasteiger partial charge in [0.1, 0.15) is 0 Å². The van der Waals surface area contributed by atoms with Crippen LogP contribution >= 0.6 is 0 Å². The van der Waals surface area contributed by atoms with Gasteiger partial charge in [0.05, 0.1) is 6.10 Å². The van der Waals surface area contributed by atoms with E-state index < -0.39 is 5.91 Å². The van der Waals surface area contributed by atoms with E-state index in [0.29, 0.717) is 12.2 Å². The lowest BCUT2D eigenvalue weighted by molar-refractivity contribution is 0.0745. The van der Waals surface area contributed by atoms with Gasteiger partial charge < -0.3 is 4.74 Å². The molecular formula is C11H14NO2. The fourth-order valence-corrected chi connectivity index (χ4v) is 1.40. The third kappa shape index (κ3) is 2.33. The topological polar surface area (TPSA) is 50.1 Å². The molecule has 0 spiro atoms. The van der Waals surface area contributed by atoms with Gasteiger partial charge in [0, 0.05) is 12.2 Å². The molecule has 0 aliphatic carbocycles. The highest BCUT2D eigenvalue weighted by Gasteiger charge is 2.13. The lowest BCUT2D eigenvalue weighted by Gasteiger charge is -2.14. The first kappa shape index (κ1) is 10.7. The number of nitrogens with one attached hydrogen (secondary N) is 1. The van der Waals surface area contributed by atoms with Gasteiger partial charge in [0.25, 0.3) is 5.91 Å². The Hall–Kier alpha value is -1.35. The molecule has 14 heavy (non-hydrogen) atoms. The second-order valence-electron chi connectivity index (χ2n) is 3.01. The molecule has 1 atom stereocenters. The zero-order valence-electron chi connectivity index (χ0n) is 8.41. The number of carbonyl (C=O) groups is 1. The van der Waals surface area contributed by atoms with Gasteiger partial charge in [-0.2, -0.15) is 0 Å². The maximum Gasteiger partial charge on any atom is 0.270 e. The number of ether oxygens (including phenoxy) is 1. The summed E-state index contributed by atoms with van der Waals surface area (Å²) >= 11 is 0. The Morgan fingerprint density at radius 3 is 2.71 bits per heavy atom. The van der Waals surface area contributed by atoms with Crippen molar-refractivity contribution in [2.45, 2.75) is 20.0 Å². The zero-order chi connectivity index (χ0) is 10.6. The van der Waals surface area contributed by atoms with Crippen molar-refractivity contribution < 1.29 is 9.53 Å². The van der Waals surface area contributed by atoms with Gasteiger partial charge >= 0.3 is 0 Å². The summed E-state index contributed by atoms with van der Waals surface area (Å²) in [5, 5.41) is 0. The summed E-state index contributed by atoms with van der Waals surface area (Å²) in [7, 11) is 0. The lowest BCUT2D eigenvalue weighted by Crippen LogP contribution is -2.08. The molecule has 1 N–H and O–H groups in total. The normalized spacial score (nSPS) is 12.4. The first-order valence-corrected chi connectivity index (χ1v) is 4.63. The SMILES string of the molecule is CCOC(C)c1ccccc1C([NH])=O. The molecule has 0 aliphatic rings. The molecular weight excluding hydrogens is 178 g/mol. The number of amides is 1. The van der Waals surface area contributed by atoms with Gasteiger partial charge in [0.15, 0.2) is 0 Å². The standard InChI is InChI=1S/C11H14NO2/c1-3-14-8(2)9-6-4-5-7-10(9)11(12)13/h4-8,12H,3H2,1-2H3. The Kier molecular flexibility index (Phi) is 3.65. The highest BCUT2D eigenvalue weighted by molar-refractivity contribution is 5.93. The smallest absolute Gasteiger partial charge is 0.270 e. The van der Waals surface area contributed by atoms with Crippen LogP contribution in [0.15, 0.2) is 24.3 Å². The third-order valence-electron chi connectivity index (χ3n) is 2.06. The second kappa shape index (κ2) is 4.77. The van der Waals surface area contributed by atoms with Crippen LogP contribution in [0.1, 0.15) is 35.9 Å². The van der Waals surface area contributed by atoms with Crippen molar-refractivity contribution in [3.05, 3.63) is 35.4 Å². The molecule has 3 heteroatoms. The van der Waals surface area contributed by atoms with Crippen LogP contribution in [0.25, 0.3) is 0 Å². The van der Waals surface area contributed by atoms with Crippen molar-refractivity contribution >= 4 is 5.91 Å². The lowest BCUT2D eigenvalue weighted by atomic mass is 10.0. The monoisotopic (exact) mass is 192 g/mol. The van der Waals surface area contributed by atoms with Crippen LogP contribution in [-0.4, -0.2) is 12.5 Å². The largest absolute Gasteiger partial charge is 0.374 e. The molecule has 0 saturated carbocycles. The Morgan fingerprint density at radius 2 is 2.14 bits per heavy atom. The van der Waals surface area contributed by atoms with Crippen LogP contribution in [0, 0.1) is 0 Å². The van der Waals surface area contributed by atoms with Crippen LogP contribution < -0.4 is 5.73 Å². The summed E-state index contributed by atoms with van der Waals surface area (Å²) in [6.07, 6.45) is -0.134. The molecule has 0 aliphatic heterocycles. The van der Waals surface area contributed by atoms with Gasteiger partial charge in [-0.25, -0.2) is 0 Å². The molecule has 0 aromatic heterocycles. The Bertz CT molecular complexity index is 323. The molecule has 0 saturated heterocycles. The van der Waals surface area contributed by atoms with E-state index in [0.717, 1.165) is 5.56 Å². The minimum Gasteiger partial charge on any atom is -0.374 e. The van der Waals surface area contributed by atoms with Crippen molar-refractivity contribution in [3.8, 4) is 0 Å². The number of rotatable bonds is 4. The zero-order valence-corrected chi connectivity index (χ0v) is 8.41. The first-order chi connectivity index (χ1) is 6.66. The summed E-state index contributed by atoms with van der Waals surface area (Å²) < 4.78 is 5.38. The summed E-state index contributed by atoms with van der Waals surface area (Å²) in [5.74, 6) is -0.660. The quantitative estimate of drug-likeness (QED) is 0.734. The van der Waals surface area contributed by atoms with Crippen LogP contribution in [0.4, 0.5) is 0 Å². The van der Waals surface area contributed by atoms with Gasteiger partial charge in [-0.05, 0) is 25.5 Å². The van der Waals surface area contributed by atoms with Gasteiger partial charge in [0.2, 0.25) is 0 Å². The maximum atomic E-state index is 11.0. The second-order valence-corrected chi connectivity index (χ2v) is 3.01. The van der Waals surface area contributed by atoms with E-state index in [1.54, 1.807) is 12.1 Å². The summed E-state index contributed by atoms with van der Waals surface area (Å²) in [6, 6.07) is 7.07.